The van der Waals surface area contributed by atoms with E-state index in [4.69, 9.17) is 0 Å². The fourth-order valence-electron chi connectivity index (χ4n) is 1.87. The minimum absolute atomic E-state index is 0.0235. The molecule has 0 aliphatic carbocycles. The molecule has 0 radical (unpaired) electrons. The van der Waals surface area contributed by atoms with E-state index in [-0.39, 0.29) is 11.5 Å². The smallest absolute Gasteiger partial charge is 0.266 e. The second-order valence-electron chi connectivity index (χ2n) is 4.86. The first-order valence-electron chi connectivity index (χ1n) is 7.27. The van der Waals surface area contributed by atoms with Crippen LogP contribution in [0.5, 0.6) is 0 Å². The van der Waals surface area contributed by atoms with Crippen molar-refractivity contribution in [3.8, 4) is 6.07 Å². The van der Waals surface area contributed by atoms with Crippen LogP contribution in [0.15, 0.2) is 61.3 Å². The van der Waals surface area contributed by atoms with Crippen LogP contribution in [0.1, 0.15) is 6.92 Å². The van der Waals surface area contributed by atoms with Crippen LogP contribution >= 0.6 is 0 Å². The van der Waals surface area contributed by atoms with E-state index in [1.807, 2.05) is 6.07 Å². The number of carbonyl (C=O) groups is 2. The molecule has 1 aromatic rings. The molecule has 1 aromatic carbocycles. The molecule has 24 heavy (non-hydrogen) atoms. The van der Waals surface area contributed by atoms with E-state index in [9.17, 15) is 14.9 Å². The minimum atomic E-state index is -0.403. The van der Waals surface area contributed by atoms with E-state index in [0.717, 1.165) is 0 Å². The van der Waals surface area contributed by atoms with Crippen molar-refractivity contribution in [1.29, 1.82) is 5.26 Å². The number of nitriles is 1. The molecule has 1 rings (SSSR count). The quantitative estimate of drug-likeness (QED) is 0.437. The number of rotatable bonds is 8. The summed E-state index contributed by atoms with van der Waals surface area (Å²) in [7, 11) is 0. The zero-order valence-corrected chi connectivity index (χ0v) is 13.6. The average molecular weight is 324 g/mol. The first-order valence-corrected chi connectivity index (χ1v) is 7.27. The monoisotopic (exact) mass is 324 g/mol. The number of carbonyl (C=O) groups excluding carboxylic acids is 2. The number of hydrogen-bond donors (Lipinski definition) is 2. The minimum Gasteiger partial charge on any atom is -0.360 e. The molecule has 0 unspecified atom stereocenters. The topological polar surface area (TPSA) is 85.2 Å². The van der Waals surface area contributed by atoms with Gasteiger partial charge >= 0.3 is 0 Å². The highest BCUT2D eigenvalue weighted by Gasteiger charge is 2.15. The number of nitrogens with one attached hydrogen (secondary N) is 2. The predicted molar refractivity (Wildman–Crippen MR) is 95.0 cm³/mol. The summed E-state index contributed by atoms with van der Waals surface area (Å²) >= 11 is 0. The van der Waals surface area contributed by atoms with Crippen molar-refractivity contribution < 1.29 is 9.59 Å². The van der Waals surface area contributed by atoms with Gasteiger partial charge in [-0.05, 0) is 24.3 Å². The van der Waals surface area contributed by atoms with Crippen molar-refractivity contribution in [3.63, 3.8) is 0 Å². The molecule has 0 saturated heterocycles. The van der Waals surface area contributed by atoms with Crippen molar-refractivity contribution in [2.24, 2.45) is 0 Å². The molecule has 0 heterocycles. The van der Waals surface area contributed by atoms with Gasteiger partial charge in [-0.3, -0.25) is 9.59 Å². The molecule has 0 bridgehead atoms. The maximum absolute atomic E-state index is 12.3. The van der Waals surface area contributed by atoms with Crippen molar-refractivity contribution in [2.45, 2.75) is 6.92 Å². The molecule has 2 amide bonds. The van der Waals surface area contributed by atoms with Crippen LogP contribution in [0.4, 0.5) is 11.4 Å². The summed E-state index contributed by atoms with van der Waals surface area (Å²) in [6.45, 7) is 9.28. The van der Waals surface area contributed by atoms with Gasteiger partial charge in [-0.25, -0.2) is 0 Å². The number of benzene rings is 1. The lowest BCUT2D eigenvalue weighted by atomic mass is 10.2. The van der Waals surface area contributed by atoms with Gasteiger partial charge in [0, 0.05) is 37.6 Å². The van der Waals surface area contributed by atoms with Crippen LogP contribution in [0, 0.1) is 11.3 Å². The lowest BCUT2D eigenvalue weighted by molar-refractivity contribution is -0.125. The molecular weight excluding hydrogens is 304 g/mol. The summed E-state index contributed by atoms with van der Waals surface area (Å²) in [5.74, 6) is -0.558. The van der Waals surface area contributed by atoms with Crippen LogP contribution in [0.2, 0.25) is 0 Å². The summed E-state index contributed by atoms with van der Waals surface area (Å²) in [6, 6.07) is 8.78. The van der Waals surface area contributed by atoms with E-state index in [1.165, 1.54) is 18.0 Å². The van der Waals surface area contributed by atoms with Crippen LogP contribution in [0.3, 0.4) is 0 Å². The normalized spacial score (nSPS) is 10.2. The first-order chi connectivity index (χ1) is 11.5. The molecule has 0 fully saturated rings. The number of nitrogens with zero attached hydrogens (tertiary/aromatic N) is 2. The predicted octanol–water partition coefficient (Wildman–Crippen LogP) is 2.66. The fourth-order valence-corrected chi connectivity index (χ4v) is 1.87. The van der Waals surface area contributed by atoms with E-state index in [2.05, 4.69) is 23.8 Å². The first kappa shape index (κ1) is 18.7. The Morgan fingerprint density at radius 1 is 1.17 bits per heavy atom. The molecule has 2 N–H and O–H groups in total. The van der Waals surface area contributed by atoms with Crippen LogP contribution < -0.4 is 10.6 Å². The third kappa shape index (κ3) is 5.81. The fraction of sp³-hybridized carbons (Fsp3) is 0.167. The number of hydrogen-bond acceptors (Lipinski definition) is 4. The highest BCUT2D eigenvalue weighted by Crippen LogP contribution is 2.14. The Morgan fingerprint density at radius 3 is 2.17 bits per heavy atom. The van der Waals surface area contributed by atoms with Gasteiger partial charge in [0.2, 0.25) is 5.91 Å². The Kier molecular flexibility index (Phi) is 7.52. The Bertz CT molecular complexity index is 674. The van der Waals surface area contributed by atoms with E-state index < -0.39 is 5.91 Å². The summed E-state index contributed by atoms with van der Waals surface area (Å²) in [5, 5.41) is 14.8. The van der Waals surface area contributed by atoms with Crippen LogP contribution in [-0.2, 0) is 9.59 Å². The Labute approximate surface area is 141 Å². The Hall–Kier alpha value is -3.33. The zero-order valence-electron chi connectivity index (χ0n) is 13.6. The molecular formula is C18H20N4O2. The van der Waals surface area contributed by atoms with Crippen molar-refractivity contribution >= 4 is 23.2 Å². The van der Waals surface area contributed by atoms with Gasteiger partial charge in [0.15, 0.2) is 0 Å². The maximum Gasteiger partial charge on any atom is 0.266 e. The van der Waals surface area contributed by atoms with Gasteiger partial charge in [-0.1, -0.05) is 12.2 Å². The second-order valence-corrected chi connectivity index (χ2v) is 4.86. The van der Waals surface area contributed by atoms with Crippen LogP contribution in [0.25, 0.3) is 0 Å². The van der Waals surface area contributed by atoms with E-state index in [1.54, 1.807) is 36.4 Å². The SMILES string of the molecule is C=CCN(CC=C)C(=O)/C(C#N)=C\Nc1ccc(NC(C)=O)cc1. The van der Waals surface area contributed by atoms with Gasteiger partial charge < -0.3 is 15.5 Å². The van der Waals surface area contributed by atoms with Crippen molar-refractivity contribution in [1.82, 2.24) is 4.90 Å². The highest BCUT2D eigenvalue weighted by molar-refractivity contribution is 5.97. The summed E-state index contributed by atoms with van der Waals surface area (Å²) < 4.78 is 0. The van der Waals surface area contributed by atoms with Crippen LogP contribution in [-0.4, -0.2) is 29.8 Å². The van der Waals surface area contributed by atoms with E-state index in [0.29, 0.717) is 24.5 Å². The van der Waals surface area contributed by atoms with Gasteiger partial charge in [0.05, 0.1) is 0 Å². The Balaban J connectivity index is 2.83. The van der Waals surface area contributed by atoms with Crippen molar-refractivity contribution in [3.05, 3.63) is 61.3 Å². The third-order valence-electron chi connectivity index (χ3n) is 2.93. The second kappa shape index (κ2) is 9.64. The van der Waals surface area contributed by atoms with E-state index >= 15 is 0 Å². The molecule has 0 aliphatic heterocycles. The van der Waals surface area contributed by atoms with Gasteiger partial charge in [-0.2, -0.15) is 5.26 Å². The largest absolute Gasteiger partial charge is 0.360 e. The standard InChI is InChI=1S/C18H20N4O2/c1-4-10-22(11-5-2)18(24)15(12-19)13-20-16-6-8-17(9-7-16)21-14(3)23/h4-9,13,20H,1-2,10-11H2,3H3,(H,21,23)/b15-13-. The molecule has 6 heteroatoms. The molecule has 6 nitrogen and oxygen atoms in total. The summed E-state index contributed by atoms with van der Waals surface area (Å²) in [4.78, 5) is 24.7. The molecule has 0 atom stereocenters. The van der Waals surface area contributed by atoms with Gasteiger partial charge in [-0.15, -0.1) is 13.2 Å². The molecule has 0 aromatic heterocycles. The molecule has 124 valence electrons. The van der Waals surface area contributed by atoms with Gasteiger partial charge in [0.25, 0.3) is 5.91 Å². The summed E-state index contributed by atoms with van der Waals surface area (Å²) in [5.41, 5.74) is 1.32. The lowest BCUT2D eigenvalue weighted by Crippen LogP contribution is -2.32. The molecule has 0 spiro atoms. The average Bonchev–Trinajstić information content (AvgIpc) is 2.56. The molecule has 0 aliphatic rings. The highest BCUT2D eigenvalue weighted by atomic mass is 16.2. The number of anilines is 2. The third-order valence-corrected chi connectivity index (χ3v) is 2.93. The van der Waals surface area contributed by atoms with Gasteiger partial charge in [0.1, 0.15) is 11.6 Å². The Morgan fingerprint density at radius 2 is 1.71 bits per heavy atom. The molecule has 0 saturated carbocycles. The zero-order chi connectivity index (χ0) is 17.9. The summed E-state index contributed by atoms with van der Waals surface area (Å²) in [6.07, 6.45) is 4.53. The number of amides is 2. The lowest BCUT2D eigenvalue weighted by Gasteiger charge is -2.18. The maximum atomic E-state index is 12.3. The van der Waals surface area contributed by atoms with Crippen molar-refractivity contribution in [2.75, 3.05) is 23.7 Å².